The molecule has 1 N–H and O–H groups in total. The normalized spacial score (nSPS) is 16.4. The van der Waals surface area contributed by atoms with Crippen LogP contribution in [0.2, 0.25) is 6.82 Å². The maximum atomic E-state index is 4.65. The molecule has 3 rings (SSSR count). The number of hydrogen-bond donors (Lipinski definition) is 1. The summed E-state index contributed by atoms with van der Waals surface area (Å²) in [6.07, 6.45) is 5.50. The maximum Gasteiger partial charge on any atom is 0.226 e. The fourth-order valence-electron chi connectivity index (χ4n) is 2.36. The van der Waals surface area contributed by atoms with Crippen molar-refractivity contribution >= 4 is 30.0 Å². The molecule has 1 saturated heterocycles. The molecule has 0 atom stereocenters. The van der Waals surface area contributed by atoms with E-state index in [1.165, 1.54) is 19.3 Å². The molecule has 0 radical (unpaired) electrons. The van der Waals surface area contributed by atoms with E-state index in [0.717, 1.165) is 43.1 Å². The van der Waals surface area contributed by atoms with Gasteiger partial charge in [0.05, 0.1) is 6.33 Å². The second-order valence-electron chi connectivity index (χ2n) is 4.47. The van der Waals surface area contributed by atoms with Crippen molar-refractivity contribution in [2.45, 2.75) is 26.1 Å². The van der Waals surface area contributed by atoms with Crippen molar-refractivity contribution in [2.75, 3.05) is 18.0 Å². The van der Waals surface area contributed by atoms with Crippen molar-refractivity contribution in [3.63, 3.8) is 0 Å². The van der Waals surface area contributed by atoms with Gasteiger partial charge in [-0.25, -0.2) is 9.97 Å². The van der Waals surface area contributed by atoms with E-state index in [-0.39, 0.29) is 0 Å². The van der Waals surface area contributed by atoms with E-state index in [4.69, 9.17) is 0 Å². The highest BCUT2D eigenvalue weighted by Gasteiger charge is 2.16. The number of hydrogen-bond acceptors (Lipinski definition) is 4. The minimum atomic E-state index is 0.859. The van der Waals surface area contributed by atoms with Crippen molar-refractivity contribution in [1.29, 1.82) is 0 Å². The SMILES string of the molecule is CBc1nc(N2CCCCC2)nc2[nH]cnc12. The Morgan fingerprint density at radius 2 is 2.06 bits per heavy atom. The summed E-state index contributed by atoms with van der Waals surface area (Å²) in [5, 5.41) is 0. The zero-order chi connectivity index (χ0) is 11.7. The highest BCUT2D eigenvalue weighted by atomic mass is 15.3. The van der Waals surface area contributed by atoms with Gasteiger partial charge in [-0.2, -0.15) is 4.98 Å². The Morgan fingerprint density at radius 3 is 2.82 bits per heavy atom. The zero-order valence-electron chi connectivity index (χ0n) is 10.1. The minimum absolute atomic E-state index is 0.859. The molecule has 2 aromatic heterocycles. The lowest BCUT2D eigenvalue weighted by Crippen LogP contribution is -2.33. The van der Waals surface area contributed by atoms with Gasteiger partial charge in [-0.1, -0.05) is 6.82 Å². The first-order valence-electron chi connectivity index (χ1n) is 6.33. The molecule has 0 aliphatic carbocycles. The Morgan fingerprint density at radius 1 is 1.24 bits per heavy atom. The second-order valence-corrected chi connectivity index (χ2v) is 4.47. The zero-order valence-corrected chi connectivity index (χ0v) is 10.1. The molecule has 5 nitrogen and oxygen atoms in total. The van der Waals surface area contributed by atoms with Gasteiger partial charge < -0.3 is 9.88 Å². The van der Waals surface area contributed by atoms with Gasteiger partial charge in [0.15, 0.2) is 12.9 Å². The molecule has 0 aromatic carbocycles. The first-order chi connectivity index (χ1) is 8.38. The molecule has 2 aromatic rings. The lowest BCUT2D eigenvalue weighted by Gasteiger charge is -2.26. The van der Waals surface area contributed by atoms with Crippen LogP contribution in [-0.2, 0) is 0 Å². The number of imidazole rings is 1. The number of nitrogens with zero attached hydrogens (tertiary/aromatic N) is 4. The van der Waals surface area contributed by atoms with Gasteiger partial charge >= 0.3 is 0 Å². The lowest BCUT2D eigenvalue weighted by molar-refractivity contribution is 0.569. The molecule has 1 aliphatic heterocycles. The minimum Gasteiger partial charge on any atom is -0.341 e. The summed E-state index contributed by atoms with van der Waals surface area (Å²) < 4.78 is 0. The summed E-state index contributed by atoms with van der Waals surface area (Å²) in [5.41, 5.74) is 2.81. The van der Waals surface area contributed by atoms with Crippen LogP contribution >= 0.6 is 0 Å². The third kappa shape index (κ3) is 1.88. The molecular weight excluding hydrogens is 213 g/mol. The average Bonchev–Trinajstić information content (AvgIpc) is 2.86. The van der Waals surface area contributed by atoms with Crippen molar-refractivity contribution < 1.29 is 0 Å². The smallest absolute Gasteiger partial charge is 0.226 e. The summed E-state index contributed by atoms with van der Waals surface area (Å²) in [6.45, 7) is 4.25. The average molecular weight is 229 g/mol. The number of aromatic nitrogens is 4. The number of fused-ring (bicyclic) bond motifs is 1. The molecule has 88 valence electrons. The Labute approximate surface area is 101 Å². The van der Waals surface area contributed by atoms with E-state index in [0.29, 0.717) is 0 Å². The van der Waals surface area contributed by atoms with E-state index in [1.807, 2.05) is 0 Å². The Balaban J connectivity index is 2.03. The third-order valence-corrected chi connectivity index (χ3v) is 3.31. The van der Waals surface area contributed by atoms with Gasteiger partial charge in [0.2, 0.25) is 5.95 Å². The monoisotopic (exact) mass is 229 g/mol. The molecule has 1 aliphatic rings. The van der Waals surface area contributed by atoms with Crippen LogP contribution in [0.15, 0.2) is 6.33 Å². The Kier molecular flexibility index (Phi) is 2.70. The topological polar surface area (TPSA) is 57.7 Å². The highest BCUT2D eigenvalue weighted by molar-refractivity contribution is 6.54. The molecule has 6 heteroatoms. The van der Waals surface area contributed by atoms with Crippen molar-refractivity contribution in [3.05, 3.63) is 6.33 Å². The van der Waals surface area contributed by atoms with Crippen LogP contribution in [0.3, 0.4) is 0 Å². The summed E-state index contributed by atoms with van der Waals surface area (Å²) in [7, 11) is 0.894. The number of aromatic amines is 1. The Bertz CT molecular complexity index is 518. The van der Waals surface area contributed by atoms with Gasteiger partial charge in [0.1, 0.15) is 5.52 Å². The standard InChI is InChI=1S/C11H16BN5/c1-12-9-8-10(14-7-13-8)16-11(15-9)17-5-3-2-4-6-17/h7,12H,2-6H2,1H3,(H,13,14,15,16). The number of anilines is 1. The predicted molar refractivity (Wildman–Crippen MR) is 70.4 cm³/mol. The first-order valence-corrected chi connectivity index (χ1v) is 6.33. The fourth-order valence-corrected chi connectivity index (χ4v) is 2.36. The van der Waals surface area contributed by atoms with E-state index >= 15 is 0 Å². The van der Waals surface area contributed by atoms with Gasteiger partial charge in [0.25, 0.3) is 0 Å². The maximum absolute atomic E-state index is 4.65. The van der Waals surface area contributed by atoms with E-state index in [1.54, 1.807) is 6.33 Å². The molecule has 3 heterocycles. The van der Waals surface area contributed by atoms with Crippen LogP contribution in [0.5, 0.6) is 0 Å². The number of nitrogens with one attached hydrogen (secondary N) is 1. The van der Waals surface area contributed by atoms with Crippen LogP contribution in [0, 0.1) is 0 Å². The van der Waals surface area contributed by atoms with Gasteiger partial charge in [-0.15, -0.1) is 0 Å². The lowest BCUT2D eigenvalue weighted by atomic mass is 9.77. The second kappa shape index (κ2) is 4.35. The molecule has 0 saturated carbocycles. The molecule has 0 bridgehead atoms. The summed E-state index contributed by atoms with van der Waals surface area (Å²) in [5.74, 6) is 0.860. The van der Waals surface area contributed by atoms with Crippen molar-refractivity contribution in [1.82, 2.24) is 19.9 Å². The van der Waals surface area contributed by atoms with Gasteiger partial charge in [0, 0.05) is 18.7 Å². The summed E-state index contributed by atoms with van der Waals surface area (Å²) in [4.78, 5) is 18.9. The molecule has 1 fully saturated rings. The van der Waals surface area contributed by atoms with Crippen LogP contribution in [0.25, 0.3) is 11.2 Å². The molecule has 0 amide bonds. The van der Waals surface area contributed by atoms with Gasteiger partial charge in [-0.3, -0.25) is 0 Å². The van der Waals surface area contributed by atoms with Crippen LogP contribution < -0.4 is 10.5 Å². The highest BCUT2D eigenvalue weighted by Crippen LogP contribution is 2.16. The van der Waals surface area contributed by atoms with Crippen LogP contribution in [0.1, 0.15) is 19.3 Å². The molecule has 17 heavy (non-hydrogen) atoms. The Hall–Kier alpha value is -1.59. The quantitative estimate of drug-likeness (QED) is 0.759. The summed E-state index contributed by atoms with van der Waals surface area (Å²) >= 11 is 0. The van der Waals surface area contributed by atoms with E-state index < -0.39 is 0 Å². The third-order valence-electron chi connectivity index (χ3n) is 3.31. The molecule has 0 unspecified atom stereocenters. The van der Waals surface area contributed by atoms with E-state index in [9.17, 15) is 0 Å². The number of H-pyrrole nitrogens is 1. The van der Waals surface area contributed by atoms with Gasteiger partial charge in [-0.05, 0) is 19.3 Å². The van der Waals surface area contributed by atoms with Crippen LogP contribution in [-0.4, -0.2) is 40.3 Å². The van der Waals surface area contributed by atoms with Crippen molar-refractivity contribution in [2.24, 2.45) is 0 Å². The summed E-state index contributed by atoms with van der Waals surface area (Å²) in [6, 6.07) is 0. The number of rotatable bonds is 2. The predicted octanol–water partition coefficient (Wildman–Crippen LogP) is 0.453. The largest absolute Gasteiger partial charge is 0.341 e. The number of piperidine rings is 1. The molecule has 0 spiro atoms. The molecular formula is C11H16BN5. The first kappa shape index (κ1) is 10.6. The van der Waals surface area contributed by atoms with Crippen molar-refractivity contribution in [3.8, 4) is 0 Å². The van der Waals surface area contributed by atoms with E-state index in [2.05, 4.69) is 31.7 Å². The fraction of sp³-hybridized carbons (Fsp3) is 0.545. The van der Waals surface area contributed by atoms with Crippen LogP contribution in [0.4, 0.5) is 5.95 Å².